The molecule has 1 aliphatic rings. The molecule has 0 atom stereocenters. The molecular formula is C11H9FO5. The molecule has 90 valence electrons. The van der Waals surface area contributed by atoms with Crippen molar-refractivity contribution >= 4 is 11.8 Å². The molecule has 0 bridgehead atoms. The van der Waals surface area contributed by atoms with Gasteiger partial charge in [-0.05, 0) is 12.1 Å². The first-order chi connectivity index (χ1) is 8.11. The van der Waals surface area contributed by atoms with E-state index < -0.39 is 17.6 Å². The summed E-state index contributed by atoms with van der Waals surface area (Å²) in [6.45, 7) is 0.505. The SMILES string of the molecule is O=C(O)C(=O)c1ccc(F)c2c1OCCCO2. The van der Waals surface area contributed by atoms with E-state index in [0.717, 1.165) is 12.1 Å². The van der Waals surface area contributed by atoms with Crippen LogP contribution in [0.3, 0.4) is 0 Å². The number of ketones is 1. The van der Waals surface area contributed by atoms with Gasteiger partial charge in [-0.3, -0.25) is 4.79 Å². The molecule has 2 rings (SSSR count). The van der Waals surface area contributed by atoms with E-state index in [-0.39, 0.29) is 30.3 Å². The molecule has 6 heteroatoms. The Morgan fingerprint density at radius 1 is 1.18 bits per heavy atom. The zero-order chi connectivity index (χ0) is 12.4. The van der Waals surface area contributed by atoms with E-state index in [4.69, 9.17) is 14.6 Å². The summed E-state index contributed by atoms with van der Waals surface area (Å²) in [7, 11) is 0. The zero-order valence-corrected chi connectivity index (χ0v) is 8.73. The first-order valence-corrected chi connectivity index (χ1v) is 4.97. The lowest BCUT2D eigenvalue weighted by Crippen LogP contribution is -2.14. The van der Waals surface area contributed by atoms with Crippen molar-refractivity contribution < 1.29 is 28.6 Å². The second-order valence-electron chi connectivity index (χ2n) is 3.44. The number of ether oxygens (including phenoxy) is 2. The van der Waals surface area contributed by atoms with Gasteiger partial charge in [0.2, 0.25) is 0 Å². The number of hydrogen-bond donors (Lipinski definition) is 1. The number of benzene rings is 1. The molecule has 1 N–H and O–H groups in total. The van der Waals surface area contributed by atoms with Crippen LogP contribution in [-0.4, -0.2) is 30.1 Å². The number of aliphatic carboxylic acids is 1. The highest BCUT2D eigenvalue weighted by atomic mass is 19.1. The van der Waals surface area contributed by atoms with Crippen molar-refractivity contribution in [1.82, 2.24) is 0 Å². The lowest BCUT2D eigenvalue weighted by Gasteiger charge is -2.10. The normalized spacial score (nSPS) is 13.9. The molecule has 0 saturated carbocycles. The molecule has 0 amide bonds. The Morgan fingerprint density at radius 2 is 1.82 bits per heavy atom. The predicted molar refractivity (Wildman–Crippen MR) is 54.0 cm³/mol. The van der Waals surface area contributed by atoms with E-state index in [0.29, 0.717) is 6.42 Å². The number of fused-ring (bicyclic) bond motifs is 1. The average Bonchev–Trinajstić information content (AvgIpc) is 2.54. The largest absolute Gasteiger partial charge is 0.489 e. The fraction of sp³-hybridized carbons (Fsp3) is 0.273. The van der Waals surface area contributed by atoms with E-state index in [1.165, 1.54) is 0 Å². The van der Waals surface area contributed by atoms with Crippen molar-refractivity contribution in [3.8, 4) is 11.5 Å². The summed E-state index contributed by atoms with van der Waals surface area (Å²) in [5.41, 5.74) is -0.198. The Kier molecular flexibility index (Phi) is 2.95. The van der Waals surface area contributed by atoms with Crippen LogP contribution in [0.25, 0.3) is 0 Å². The fourth-order valence-electron chi connectivity index (χ4n) is 1.52. The summed E-state index contributed by atoms with van der Waals surface area (Å²) in [6, 6.07) is 2.07. The molecule has 0 fully saturated rings. The number of hydrogen-bond acceptors (Lipinski definition) is 4. The summed E-state index contributed by atoms with van der Waals surface area (Å²) in [5.74, 6) is -3.77. The third kappa shape index (κ3) is 2.06. The maximum atomic E-state index is 13.4. The highest BCUT2D eigenvalue weighted by Crippen LogP contribution is 2.36. The summed E-state index contributed by atoms with van der Waals surface area (Å²) < 4.78 is 23.7. The number of carboxylic acid groups (broad SMARTS) is 1. The number of carbonyl (C=O) groups is 2. The molecule has 0 radical (unpaired) electrons. The van der Waals surface area contributed by atoms with Gasteiger partial charge in [0.25, 0.3) is 5.78 Å². The van der Waals surface area contributed by atoms with Crippen molar-refractivity contribution in [3.63, 3.8) is 0 Å². The van der Waals surface area contributed by atoms with Crippen molar-refractivity contribution in [1.29, 1.82) is 0 Å². The number of halogens is 1. The molecule has 0 unspecified atom stereocenters. The van der Waals surface area contributed by atoms with Gasteiger partial charge in [0.15, 0.2) is 17.3 Å². The average molecular weight is 240 g/mol. The summed E-state index contributed by atoms with van der Waals surface area (Å²) >= 11 is 0. The lowest BCUT2D eigenvalue weighted by molar-refractivity contribution is -0.131. The number of Topliss-reactive ketones (excluding diaryl/α,β-unsaturated/α-hetero) is 1. The van der Waals surface area contributed by atoms with Gasteiger partial charge in [0.1, 0.15) is 0 Å². The van der Waals surface area contributed by atoms with Crippen molar-refractivity contribution in [2.24, 2.45) is 0 Å². The van der Waals surface area contributed by atoms with Crippen LogP contribution in [0, 0.1) is 5.82 Å². The third-order valence-electron chi connectivity index (χ3n) is 2.28. The van der Waals surface area contributed by atoms with Gasteiger partial charge in [-0.15, -0.1) is 0 Å². The van der Waals surface area contributed by atoms with Crippen LogP contribution < -0.4 is 9.47 Å². The molecular weight excluding hydrogens is 231 g/mol. The van der Waals surface area contributed by atoms with E-state index in [1.54, 1.807) is 0 Å². The molecule has 0 aliphatic carbocycles. The van der Waals surface area contributed by atoms with Crippen LogP contribution in [0.4, 0.5) is 4.39 Å². The Hall–Kier alpha value is -2.11. The van der Waals surface area contributed by atoms with Gasteiger partial charge in [0.05, 0.1) is 18.8 Å². The Morgan fingerprint density at radius 3 is 2.47 bits per heavy atom. The van der Waals surface area contributed by atoms with Gasteiger partial charge < -0.3 is 14.6 Å². The molecule has 0 aromatic heterocycles. The molecule has 1 heterocycles. The van der Waals surface area contributed by atoms with E-state index >= 15 is 0 Å². The molecule has 1 aromatic rings. The highest BCUT2D eigenvalue weighted by Gasteiger charge is 2.26. The van der Waals surface area contributed by atoms with Crippen LogP contribution in [0.1, 0.15) is 16.8 Å². The minimum atomic E-state index is -1.62. The second-order valence-corrected chi connectivity index (χ2v) is 3.44. The first kappa shape index (κ1) is 11.4. The van der Waals surface area contributed by atoms with Crippen LogP contribution in [-0.2, 0) is 4.79 Å². The lowest BCUT2D eigenvalue weighted by atomic mass is 10.1. The first-order valence-electron chi connectivity index (χ1n) is 4.97. The van der Waals surface area contributed by atoms with Gasteiger partial charge >= 0.3 is 5.97 Å². The van der Waals surface area contributed by atoms with Crippen molar-refractivity contribution in [2.45, 2.75) is 6.42 Å². The monoisotopic (exact) mass is 240 g/mol. The van der Waals surface area contributed by atoms with Gasteiger partial charge in [-0.1, -0.05) is 0 Å². The van der Waals surface area contributed by atoms with E-state index in [2.05, 4.69) is 0 Å². The maximum absolute atomic E-state index is 13.4. The summed E-state index contributed by atoms with van der Waals surface area (Å²) in [6.07, 6.45) is 0.537. The molecule has 0 spiro atoms. The van der Waals surface area contributed by atoms with E-state index in [9.17, 15) is 14.0 Å². The Bertz CT molecular complexity index is 483. The topological polar surface area (TPSA) is 72.8 Å². The quantitative estimate of drug-likeness (QED) is 0.622. The van der Waals surface area contributed by atoms with Gasteiger partial charge in [-0.25, -0.2) is 9.18 Å². The van der Waals surface area contributed by atoms with Crippen molar-refractivity contribution in [3.05, 3.63) is 23.5 Å². The smallest absolute Gasteiger partial charge is 0.377 e. The summed E-state index contributed by atoms with van der Waals surface area (Å²) in [5, 5.41) is 8.64. The Balaban J connectivity index is 2.54. The van der Waals surface area contributed by atoms with Gasteiger partial charge in [-0.2, -0.15) is 0 Å². The molecule has 1 aromatic carbocycles. The minimum absolute atomic E-state index is 0.130. The molecule has 1 aliphatic heterocycles. The van der Waals surface area contributed by atoms with Crippen molar-refractivity contribution in [2.75, 3.05) is 13.2 Å². The van der Waals surface area contributed by atoms with Crippen LogP contribution in [0.15, 0.2) is 12.1 Å². The second kappa shape index (κ2) is 4.40. The van der Waals surface area contributed by atoms with Crippen LogP contribution in [0.2, 0.25) is 0 Å². The summed E-state index contributed by atoms with van der Waals surface area (Å²) in [4.78, 5) is 22.0. The van der Waals surface area contributed by atoms with Gasteiger partial charge in [0, 0.05) is 6.42 Å². The van der Waals surface area contributed by atoms with Crippen LogP contribution in [0.5, 0.6) is 11.5 Å². The number of carboxylic acids is 1. The standard InChI is InChI=1S/C11H9FO5/c12-7-3-2-6(8(13)11(14)15)9-10(7)17-5-1-4-16-9/h2-3H,1,4-5H2,(H,14,15). The van der Waals surface area contributed by atoms with E-state index in [1.807, 2.05) is 0 Å². The maximum Gasteiger partial charge on any atom is 0.377 e. The minimum Gasteiger partial charge on any atom is -0.489 e. The number of carbonyl (C=O) groups excluding carboxylic acids is 1. The third-order valence-corrected chi connectivity index (χ3v) is 2.28. The molecule has 17 heavy (non-hydrogen) atoms. The zero-order valence-electron chi connectivity index (χ0n) is 8.73. The number of rotatable bonds is 2. The molecule has 5 nitrogen and oxygen atoms in total. The predicted octanol–water partition coefficient (Wildman–Crippen LogP) is 1.25. The molecule has 0 saturated heterocycles. The highest BCUT2D eigenvalue weighted by molar-refractivity contribution is 6.40. The Labute approximate surface area is 95.8 Å². The fourth-order valence-corrected chi connectivity index (χ4v) is 1.52. The van der Waals surface area contributed by atoms with Crippen LogP contribution >= 0.6 is 0 Å².